The lowest BCUT2D eigenvalue weighted by Gasteiger charge is -2.38. The third-order valence-corrected chi connectivity index (χ3v) is 9.86. The van der Waals surface area contributed by atoms with Crippen molar-refractivity contribution < 1.29 is 27.8 Å². The van der Waals surface area contributed by atoms with E-state index in [0.717, 1.165) is 18.4 Å². The van der Waals surface area contributed by atoms with Crippen molar-refractivity contribution >= 4 is 15.9 Å². The highest BCUT2D eigenvalue weighted by Crippen LogP contribution is 2.33. The lowest BCUT2D eigenvalue weighted by atomic mass is 9.84. The van der Waals surface area contributed by atoms with Crippen molar-refractivity contribution in [2.75, 3.05) is 40.0 Å². The smallest absolute Gasteiger partial charge is 0.248 e. The molecule has 1 unspecified atom stereocenters. The molecule has 2 aliphatic heterocycles. The molecule has 1 N–H and O–H groups in total. The Kier molecular flexibility index (Phi) is 8.58. The van der Waals surface area contributed by atoms with Gasteiger partial charge in [0.25, 0.3) is 0 Å². The lowest BCUT2D eigenvalue weighted by Crippen LogP contribution is -2.48. The van der Waals surface area contributed by atoms with E-state index in [4.69, 9.17) is 9.47 Å². The van der Waals surface area contributed by atoms with Gasteiger partial charge in [-0.15, -0.1) is 0 Å². The normalized spacial score (nSPS) is 20.5. The van der Waals surface area contributed by atoms with Crippen molar-refractivity contribution in [3.05, 3.63) is 59.2 Å². The van der Waals surface area contributed by atoms with Gasteiger partial charge in [-0.25, -0.2) is 8.42 Å². The fraction of sp³-hybridized carbons (Fsp3) is 0.536. The van der Waals surface area contributed by atoms with Gasteiger partial charge in [-0.05, 0) is 68.4 Å². The van der Waals surface area contributed by atoms with Crippen molar-refractivity contribution in [2.45, 2.75) is 62.5 Å². The van der Waals surface area contributed by atoms with E-state index in [9.17, 15) is 18.3 Å². The summed E-state index contributed by atoms with van der Waals surface area (Å²) >= 11 is 0. The highest BCUT2D eigenvalue weighted by molar-refractivity contribution is 7.89. The van der Waals surface area contributed by atoms with Gasteiger partial charge in [-0.1, -0.05) is 36.8 Å². The van der Waals surface area contributed by atoms with Crippen LogP contribution in [0.3, 0.4) is 0 Å². The van der Waals surface area contributed by atoms with Gasteiger partial charge in [0.1, 0.15) is 12.4 Å². The molecule has 2 aliphatic rings. The van der Waals surface area contributed by atoms with Gasteiger partial charge in [-0.3, -0.25) is 4.79 Å². The molecule has 9 heteroatoms. The summed E-state index contributed by atoms with van der Waals surface area (Å²) in [5.74, 6) is 0.494. The first kappa shape index (κ1) is 27.6. The van der Waals surface area contributed by atoms with Crippen LogP contribution in [0.2, 0.25) is 0 Å². The summed E-state index contributed by atoms with van der Waals surface area (Å²) in [6.07, 6.45) is 3.34. The SMILES string of the molecule is COc1cc(C)c(S(=O)(=O)N2CCCCC2COCC(=O)N2CCC(O)(c3ccccc3)CC2)c(C)c1. The second kappa shape index (κ2) is 11.5. The van der Waals surface area contributed by atoms with Crippen LogP contribution < -0.4 is 4.74 Å². The number of likely N-dealkylation sites (tertiary alicyclic amines) is 1. The van der Waals surface area contributed by atoms with E-state index in [1.165, 1.54) is 0 Å². The molecule has 1 amide bonds. The maximum atomic E-state index is 13.7. The number of methoxy groups -OCH3 is 1. The van der Waals surface area contributed by atoms with E-state index in [1.807, 2.05) is 30.3 Å². The van der Waals surface area contributed by atoms with Crippen molar-refractivity contribution in [2.24, 2.45) is 0 Å². The molecule has 2 aromatic carbocycles. The Labute approximate surface area is 220 Å². The summed E-state index contributed by atoms with van der Waals surface area (Å²) in [7, 11) is -2.17. The summed E-state index contributed by atoms with van der Waals surface area (Å²) < 4.78 is 40.0. The molecule has 37 heavy (non-hydrogen) atoms. The predicted molar refractivity (Wildman–Crippen MR) is 141 cm³/mol. The quantitative estimate of drug-likeness (QED) is 0.562. The van der Waals surface area contributed by atoms with Crippen LogP contribution in [0.4, 0.5) is 0 Å². The number of hydrogen-bond acceptors (Lipinski definition) is 6. The fourth-order valence-corrected chi connectivity index (χ4v) is 7.64. The summed E-state index contributed by atoms with van der Waals surface area (Å²) in [6.45, 7) is 4.97. The van der Waals surface area contributed by atoms with E-state index < -0.39 is 15.6 Å². The minimum Gasteiger partial charge on any atom is -0.497 e. The Bertz CT molecular complexity index is 1170. The monoisotopic (exact) mass is 530 g/mol. The van der Waals surface area contributed by atoms with Crippen molar-refractivity contribution in [3.8, 4) is 5.75 Å². The number of carbonyl (C=O) groups is 1. The van der Waals surface area contributed by atoms with Crippen LogP contribution in [0.15, 0.2) is 47.4 Å². The first-order chi connectivity index (χ1) is 17.7. The second-order valence-electron chi connectivity index (χ2n) is 10.1. The molecular formula is C28H38N2O6S. The van der Waals surface area contributed by atoms with E-state index in [0.29, 0.717) is 60.7 Å². The zero-order chi connectivity index (χ0) is 26.6. The zero-order valence-corrected chi connectivity index (χ0v) is 22.8. The number of carbonyl (C=O) groups excluding carboxylic acids is 1. The summed E-state index contributed by atoms with van der Waals surface area (Å²) in [5, 5.41) is 11.0. The number of piperidine rings is 2. The van der Waals surface area contributed by atoms with Crippen molar-refractivity contribution in [1.29, 1.82) is 0 Å². The zero-order valence-electron chi connectivity index (χ0n) is 22.0. The Balaban J connectivity index is 1.35. The van der Waals surface area contributed by atoms with Crippen molar-refractivity contribution in [1.82, 2.24) is 9.21 Å². The topological polar surface area (TPSA) is 96.4 Å². The van der Waals surface area contributed by atoms with Gasteiger partial charge in [0.15, 0.2) is 0 Å². The summed E-state index contributed by atoms with van der Waals surface area (Å²) in [5.41, 5.74) is 1.25. The number of sulfonamides is 1. The number of amides is 1. The van der Waals surface area contributed by atoms with Gasteiger partial charge in [-0.2, -0.15) is 4.31 Å². The van der Waals surface area contributed by atoms with E-state index in [2.05, 4.69) is 0 Å². The van der Waals surface area contributed by atoms with Gasteiger partial charge >= 0.3 is 0 Å². The Morgan fingerprint density at radius 1 is 1.05 bits per heavy atom. The molecule has 4 rings (SSSR count). The van der Waals surface area contributed by atoms with Crippen LogP contribution in [0.25, 0.3) is 0 Å². The number of ether oxygens (including phenoxy) is 2. The minimum atomic E-state index is -3.73. The fourth-order valence-electron chi connectivity index (χ4n) is 5.55. The molecule has 2 fully saturated rings. The number of nitrogens with zero attached hydrogens (tertiary/aromatic N) is 2. The molecule has 0 aromatic heterocycles. The number of rotatable bonds is 8. The average Bonchev–Trinajstić information content (AvgIpc) is 2.89. The van der Waals surface area contributed by atoms with Crippen LogP contribution in [0.5, 0.6) is 5.75 Å². The second-order valence-corrected chi connectivity index (χ2v) is 12.0. The third-order valence-electron chi connectivity index (χ3n) is 7.60. The van der Waals surface area contributed by atoms with Crippen LogP contribution in [-0.4, -0.2) is 74.6 Å². The molecule has 0 radical (unpaired) electrons. The molecule has 2 aromatic rings. The predicted octanol–water partition coefficient (Wildman–Crippen LogP) is 3.38. The lowest BCUT2D eigenvalue weighted by molar-refractivity contribution is -0.141. The maximum Gasteiger partial charge on any atom is 0.248 e. The Morgan fingerprint density at radius 2 is 1.70 bits per heavy atom. The molecule has 0 saturated carbocycles. The van der Waals surface area contributed by atoms with Crippen LogP contribution in [0.1, 0.15) is 48.8 Å². The standard InChI is InChI=1S/C28H38N2O6S/c1-21-17-25(35-3)18-22(2)27(21)37(33,34)30-14-8-7-11-24(30)19-36-20-26(31)29-15-12-28(32,13-16-29)23-9-5-4-6-10-23/h4-6,9-10,17-18,24,32H,7-8,11-16,19-20H2,1-3H3. The van der Waals surface area contributed by atoms with Gasteiger partial charge in [0, 0.05) is 25.7 Å². The Morgan fingerprint density at radius 3 is 2.32 bits per heavy atom. The van der Waals surface area contributed by atoms with Gasteiger partial charge in [0.2, 0.25) is 15.9 Å². The number of aliphatic hydroxyl groups is 1. The van der Waals surface area contributed by atoms with Crippen molar-refractivity contribution in [3.63, 3.8) is 0 Å². The molecular weight excluding hydrogens is 492 g/mol. The van der Waals surface area contributed by atoms with Gasteiger partial charge < -0.3 is 19.5 Å². The van der Waals surface area contributed by atoms with Crippen LogP contribution in [-0.2, 0) is 25.2 Å². The molecule has 0 bridgehead atoms. The first-order valence-corrected chi connectivity index (χ1v) is 14.4. The summed E-state index contributed by atoms with van der Waals surface area (Å²) in [6, 6.07) is 12.7. The number of benzene rings is 2. The van der Waals surface area contributed by atoms with Crippen LogP contribution in [0, 0.1) is 13.8 Å². The van der Waals surface area contributed by atoms with E-state index in [-0.39, 0.29) is 25.2 Å². The molecule has 1 atom stereocenters. The minimum absolute atomic E-state index is 0.102. The molecule has 2 saturated heterocycles. The Hall–Kier alpha value is -2.46. The largest absolute Gasteiger partial charge is 0.497 e. The number of aryl methyl sites for hydroxylation is 2. The summed E-state index contributed by atoms with van der Waals surface area (Å²) in [4.78, 5) is 14.8. The molecule has 202 valence electrons. The maximum absolute atomic E-state index is 13.7. The number of hydrogen-bond donors (Lipinski definition) is 1. The third kappa shape index (κ3) is 6.00. The van der Waals surface area contributed by atoms with E-state index >= 15 is 0 Å². The molecule has 8 nitrogen and oxygen atoms in total. The molecule has 2 heterocycles. The first-order valence-electron chi connectivity index (χ1n) is 13.0. The molecule has 0 aliphatic carbocycles. The highest BCUT2D eigenvalue weighted by atomic mass is 32.2. The molecule has 0 spiro atoms. The average molecular weight is 531 g/mol. The van der Waals surface area contributed by atoms with Gasteiger partial charge in [0.05, 0.1) is 24.2 Å². The van der Waals surface area contributed by atoms with Crippen LogP contribution >= 0.6 is 0 Å². The van der Waals surface area contributed by atoms with E-state index in [1.54, 1.807) is 42.3 Å². The highest BCUT2D eigenvalue weighted by Gasteiger charge is 2.37.